The summed E-state index contributed by atoms with van der Waals surface area (Å²) in [4.78, 5) is 2.68. The van der Waals surface area contributed by atoms with Crippen molar-refractivity contribution in [3.63, 3.8) is 0 Å². The highest BCUT2D eigenvalue weighted by Crippen LogP contribution is 2.11. The molecule has 80 valence electrons. The van der Waals surface area contributed by atoms with Crippen molar-refractivity contribution in [3.05, 3.63) is 40.3 Å². The van der Waals surface area contributed by atoms with E-state index in [9.17, 15) is 0 Å². The number of hydrogen-bond acceptors (Lipinski definition) is 3. The first-order valence-corrected chi connectivity index (χ1v) is 4.88. The quantitative estimate of drug-likeness (QED) is 0.367. The molecule has 0 aliphatic carbocycles. The fourth-order valence-corrected chi connectivity index (χ4v) is 1.36. The molecule has 1 aromatic heterocycles. The molecule has 0 amide bonds. The third-order valence-electron chi connectivity index (χ3n) is 2.11. The molecule has 0 saturated carbocycles. The number of rotatable bonds is 4. The smallest absolute Gasteiger partial charge is 0.113 e. The number of nitrogens with zero attached hydrogens (tertiary/aromatic N) is 5. The van der Waals surface area contributed by atoms with Crippen LogP contribution in [0, 0.1) is 0 Å². The fourth-order valence-electron chi connectivity index (χ4n) is 1.36. The van der Waals surface area contributed by atoms with Crippen LogP contribution in [0.1, 0.15) is 12.0 Å². The molecule has 1 heterocycles. The molecule has 0 aliphatic rings. The van der Waals surface area contributed by atoms with Crippen molar-refractivity contribution in [1.29, 1.82) is 0 Å². The minimum Gasteiger partial charge on any atom is -0.197 e. The largest absolute Gasteiger partial charge is 0.197 e. The van der Waals surface area contributed by atoms with Crippen LogP contribution in [0.4, 0.5) is 0 Å². The van der Waals surface area contributed by atoms with Gasteiger partial charge in [0.25, 0.3) is 0 Å². The maximum Gasteiger partial charge on any atom is 0.113 e. The Morgan fingerprint density at radius 2 is 2.25 bits per heavy atom. The van der Waals surface area contributed by atoms with Crippen molar-refractivity contribution in [3.8, 4) is 0 Å². The van der Waals surface area contributed by atoms with Gasteiger partial charge in [0.2, 0.25) is 0 Å². The molecular formula is C10H10N6. The summed E-state index contributed by atoms with van der Waals surface area (Å²) in [6, 6.07) is 5.82. The molecule has 1 aromatic carbocycles. The predicted octanol–water partition coefficient (Wildman–Crippen LogP) is 2.67. The number of nitrogens with one attached hydrogen (secondary N) is 1. The van der Waals surface area contributed by atoms with Crippen LogP contribution in [0.15, 0.2) is 29.4 Å². The monoisotopic (exact) mass is 214 g/mol. The van der Waals surface area contributed by atoms with Crippen LogP contribution in [-0.2, 0) is 0 Å². The van der Waals surface area contributed by atoms with Crippen molar-refractivity contribution in [1.82, 2.24) is 15.4 Å². The van der Waals surface area contributed by atoms with Crippen molar-refractivity contribution in [2.24, 2.45) is 5.11 Å². The molecule has 0 atom stereocenters. The highest BCUT2D eigenvalue weighted by atomic mass is 15.3. The van der Waals surface area contributed by atoms with E-state index >= 15 is 0 Å². The molecule has 6 heteroatoms. The van der Waals surface area contributed by atoms with Gasteiger partial charge < -0.3 is 0 Å². The van der Waals surface area contributed by atoms with Gasteiger partial charge in [0.1, 0.15) is 11.0 Å². The van der Waals surface area contributed by atoms with E-state index in [4.69, 9.17) is 5.53 Å². The Balaban J connectivity index is 2.05. The lowest BCUT2D eigenvalue weighted by atomic mass is 10.2. The van der Waals surface area contributed by atoms with Gasteiger partial charge in [-0.2, -0.15) is 15.4 Å². The van der Waals surface area contributed by atoms with Gasteiger partial charge in [0.05, 0.1) is 0 Å². The average Bonchev–Trinajstić information content (AvgIpc) is 2.76. The number of aromatic nitrogens is 3. The Kier molecular flexibility index (Phi) is 3.15. The van der Waals surface area contributed by atoms with E-state index in [0.717, 1.165) is 23.0 Å². The van der Waals surface area contributed by atoms with Gasteiger partial charge in [0.15, 0.2) is 0 Å². The molecule has 6 nitrogen and oxygen atoms in total. The van der Waals surface area contributed by atoms with Crippen molar-refractivity contribution >= 4 is 17.1 Å². The van der Waals surface area contributed by atoms with Gasteiger partial charge in [0, 0.05) is 11.5 Å². The Morgan fingerprint density at radius 3 is 3.12 bits per heavy atom. The number of aromatic amines is 1. The first-order chi connectivity index (χ1) is 7.90. The Morgan fingerprint density at radius 1 is 1.38 bits per heavy atom. The molecule has 2 rings (SSSR count). The molecular weight excluding hydrogens is 204 g/mol. The van der Waals surface area contributed by atoms with Crippen LogP contribution in [-0.4, -0.2) is 22.0 Å². The molecule has 0 bridgehead atoms. The first kappa shape index (κ1) is 10.2. The van der Waals surface area contributed by atoms with E-state index in [1.54, 1.807) is 0 Å². The van der Waals surface area contributed by atoms with Gasteiger partial charge in [-0.3, -0.25) is 0 Å². The Labute approximate surface area is 91.6 Å². The van der Waals surface area contributed by atoms with E-state index < -0.39 is 0 Å². The van der Waals surface area contributed by atoms with Crippen molar-refractivity contribution in [2.45, 2.75) is 6.42 Å². The number of benzene rings is 1. The third-order valence-corrected chi connectivity index (χ3v) is 2.11. The lowest BCUT2D eigenvalue weighted by Crippen LogP contribution is -1.76. The second kappa shape index (κ2) is 4.95. The molecule has 1 N–H and O–H groups in total. The molecule has 0 aliphatic heterocycles. The topological polar surface area (TPSA) is 90.3 Å². The molecule has 2 aromatic rings. The van der Waals surface area contributed by atoms with Crippen molar-refractivity contribution in [2.75, 3.05) is 6.54 Å². The Bertz CT molecular complexity index is 549. The predicted molar refractivity (Wildman–Crippen MR) is 61.6 cm³/mol. The lowest BCUT2D eigenvalue weighted by Gasteiger charge is -1.91. The second-order valence-electron chi connectivity index (χ2n) is 3.22. The molecule has 0 fully saturated rings. The van der Waals surface area contributed by atoms with Gasteiger partial charge in [-0.15, -0.1) is 0 Å². The molecule has 0 radical (unpaired) electrons. The lowest BCUT2D eigenvalue weighted by molar-refractivity contribution is 0.959. The molecule has 0 spiro atoms. The highest BCUT2D eigenvalue weighted by molar-refractivity contribution is 5.76. The van der Waals surface area contributed by atoms with E-state index in [1.165, 1.54) is 0 Å². The number of H-pyrrole nitrogens is 1. The summed E-state index contributed by atoms with van der Waals surface area (Å²) in [5.41, 5.74) is 10.8. The fraction of sp³-hybridized carbons (Fsp3) is 0.200. The molecule has 0 unspecified atom stereocenters. The van der Waals surface area contributed by atoms with Crippen LogP contribution in [0.5, 0.6) is 0 Å². The minimum atomic E-state index is 0.485. The van der Waals surface area contributed by atoms with E-state index in [2.05, 4.69) is 25.4 Å². The zero-order valence-corrected chi connectivity index (χ0v) is 8.54. The van der Waals surface area contributed by atoms with E-state index in [1.807, 2.05) is 30.4 Å². The number of azide groups is 1. The summed E-state index contributed by atoms with van der Waals surface area (Å²) in [5, 5.41) is 14.0. The standard InChI is InChI=1S/C10H10N6/c11-15-12-6-2-1-3-8-4-5-9-10(7-8)14-16-13-9/h1,3-5,7H,2,6H2,(H,13,14,16). The maximum atomic E-state index is 8.09. The van der Waals surface area contributed by atoms with E-state index in [0.29, 0.717) is 6.54 Å². The summed E-state index contributed by atoms with van der Waals surface area (Å²) in [6.45, 7) is 0.485. The zero-order valence-electron chi connectivity index (χ0n) is 8.54. The Hall–Kier alpha value is -2.33. The van der Waals surface area contributed by atoms with Crippen LogP contribution >= 0.6 is 0 Å². The summed E-state index contributed by atoms with van der Waals surface area (Å²) in [6.07, 6.45) is 4.68. The van der Waals surface area contributed by atoms with Gasteiger partial charge in [-0.1, -0.05) is 23.3 Å². The van der Waals surface area contributed by atoms with E-state index in [-0.39, 0.29) is 0 Å². The van der Waals surface area contributed by atoms with Gasteiger partial charge >= 0.3 is 0 Å². The number of fused-ring (bicyclic) bond motifs is 1. The zero-order chi connectivity index (χ0) is 11.2. The van der Waals surface area contributed by atoms with Crippen LogP contribution in [0.3, 0.4) is 0 Å². The normalized spacial score (nSPS) is 10.8. The highest BCUT2D eigenvalue weighted by Gasteiger charge is 1.96. The minimum absolute atomic E-state index is 0.485. The van der Waals surface area contributed by atoms with Gasteiger partial charge in [-0.25, -0.2) is 0 Å². The van der Waals surface area contributed by atoms with Crippen molar-refractivity contribution < 1.29 is 0 Å². The van der Waals surface area contributed by atoms with Gasteiger partial charge in [-0.05, 0) is 29.6 Å². The number of hydrogen-bond donors (Lipinski definition) is 1. The summed E-state index contributed by atoms with van der Waals surface area (Å²) in [5.74, 6) is 0. The van der Waals surface area contributed by atoms with Crippen LogP contribution < -0.4 is 0 Å². The summed E-state index contributed by atoms with van der Waals surface area (Å²) >= 11 is 0. The summed E-state index contributed by atoms with van der Waals surface area (Å²) in [7, 11) is 0. The summed E-state index contributed by atoms with van der Waals surface area (Å²) < 4.78 is 0. The van der Waals surface area contributed by atoms with Crippen LogP contribution in [0.2, 0.25) is 0 Å². The molecule has 16 heavy (non-hydrogen) atoms. The van der Waals surface area contributed by atoms with Crippen LogP contribution in [0.25, 0.3) is 27.6 Å². The third kappa shape index (κ3) is 2.37. The first-order valence-electron chi connectivity index (χ1n) is 4.88. The maximum absolute atomic E-state index is 8.09. The second-order valence-corrected chi connectivity index (χ2v) is 3.22. The molecule has 0 saturated heterocycles. The average molecular weight is 214 g/mol. The SMILES string of the molecule is [N-]=[N+]=NCCC=Cc1ccc2n[nH]nc2c1.